The van der Waals surface area contributed by atoms with Gasteiger partial charge in [0.05, 0.1) is 6.61 Å². The number of aryl methyl sites for hydroxylation is 1. The van der Waals surface area contributed by atoms with Crippen molar-refractivity contribution in [2.45, 2.75) is 32.7 Å². The lowest BCUT2D eigenvalue weighted by atomic mass is 9.92. The molecule has 2 unspecified atom stereocenters. The summed E-state index contributed by atoms with van der Waals surface area (Å²) in [7, 11) is 0. The predicted octanol–water partition coefficient (Wildman–Crippen LogP) is 0.258. The molecular weight excluding hydrogens is 210 g/mol. The highest BCUT2D eigenvalue weighted by atomic mass is 16.5. The van der Waals surface area contributed by atoms with Crippen LogP contribution in [0.5, 0.6) is 0 Å². The van der Waals surface area contributed by atoms with Crippen LogP contribution in [0.1, 0.15) is 32.1 Å². The fourth-order valence-corrected chi connectivity index (χ4v) is 2.14. The summed E-state index contributed by atoms with van der Waals surface area (Å²) in [5, 5.41) is 6.28. The maximum atomic E-state index is 11.8. The third-order valence-corrected chi connectivity index (χ3v) is 2.95. The average Bonchev–Trinajstić information content (AvgIpc) is 2.61. The number of hydrogen-bond donors (Lipinski definition) is 1. The van der Waals surface area contributed by atoms with Crippen LogP contribution in [0.15, 0.2) is 4.79 Å². The molecule has 0 aromatic carbocycles. The quantitative estimate of drug-likeness (QED) is 0.732. The number of hydrogen-bond acceptors (Lipinski definition) is 4. The van der Waals surface area contributed by atoms with Crippen LogP contribution in [0, 0.1) is 5.92 Å². The van der Waals surface area contributed by atoms with Gasteiger partial charge in [0.15, 0.2) is 0 Å². The van der Waals surface area contributed by atoms with Crippen molar-refractivity contribution in [2.24, 2.45) is 5.92 Å². The minimum absolute atomic E-state index is 0.0989. The van der Waals surface area contributed by atoms with Crippen molar-refractivity contribution < 1.29 is 9.53 Å². The summed E-state index contributed by atoms with van der Waals surface area (Å²) in [6.45, 7) is 4.03. The molecule has 0 amide bonds. The monoisotopic (exact) mass is 225 g/mol. The van der Waals surface area contributed by atoms with Crippen molar-refractivity contribution in [3.05, 3.63) is 16.3 Å². The van der Waals surface area contributed by atoms with Gasteiger partial charge in [-0.25, -0.2) is 14.7 Å². The number of esters is 1. The molecule has 1 aromatic heterocycles. The van der Waals surface area contributed by atoms with E-state index in [1.54, 1.807) is 6.92 Å². The lowest BCUT2D eigenvalue weighted by molar-refractivity contribution is -0.149. The zero-order valence-electron chi connectivity index (χ0n) is 9.40. The fraction of sp³-hybridized carbons (Fsp3) is 0.700. The van der Waals surface area contributed by atoms with Gasteiger partial charge in [-0.15, -0.1) is 0 Å². The first-order valence-corrected chi connectivity index (χ1v) is 5.47. The molecule has 0 spiro atoms. The summed E-state index contributed by atoms with van der Waals surface area (Å²) in [4.78, 5) is 23.4. The second-order valence-electron chi connectivity index (χ2n) is 4.03. The smallest absolute Gasteiger partial charge is 0.344 e. The summed E-state index contributed by atoms with van der Waals surface area (Å²) >= 11 is 0. The molecule has 1 N–H and O–H groups in total. The Morgan fingerprint density at radius 1 is 1.69 bits per heavy atom. The lowest BCUT2D eigenvalue weighted by Gasteiger charge is -2.27. The Morgan fingerprint density at radius 2 is 2.44 bits per heavy atom. The van der Waals surface area contributed by atoms with Crippen molar-refractivity contribution in [3.63, 3.8) is 0 Å². The molecule has 6 heteroatoms. The van der Waals surface area contributed by atoms with Crippen LogP contribution in [0.25, 0.3) is 0 Å². The van der Waals surface area contributed by atoms with E-state index in [-0.39, 0.29) is 17.6 Å². The Hall–Kier alpha value is -1.59. The predicted molar refractivity (Wildman–Crippen MR) is 56.0 cm³/mol. The normalized spacial score (nSPS) is 23.9. The summed E-state index contributed by atoms with van der Waals surface area (Å²) < 4.78 is 6.42. The van der Waals surface area contributed by atoms with E-state index in [4.69, 9.17) is 4.74 Å². The third-order valence-electron chi connectivity index (χ3n) is 2.95. The number of nitrogens with zero attached hydrogens (tertiary/aromatic N) is 2. The topological polar surface area (TPSA) is 77.0 Å². The molecule has 1 aliphatic heterocycles. The molecule has 0 saturated carbocycles. The molecule has 2 atom stereocenters. The highest BCUT2D eigenvalue weighted by Gasteiger charge is 2.35. The molecule has 0 aliphatic carbocycles. The van der Waals surface area contributed by atoms with Crippen LogP contribution < -0.4 is 5.69 Å². The Bertz CT molecular complexity index is 448. The Morgan fingerprint density at radius 3 is 3.12 bits per heavy atom. The minimum Gasteiger partial charge on any atom is -0.464 e. The van der Waals surface area contributed by atoms with E-state index in [1.165, 1.54) is 4.57 Å². The first kappa shape index (κ1) is 10.9. The number of carbonyl (C=O) groups is 1. The van der Waals surface area contributed by atoms with Crippen molar-refractivity contribution in [2.75, 3.05) is 6.61 Å². The van der Waals surface area contributed by atoms with E-state index in [2.05, 4.69) is 10.2 Å². The van der Waals surface area contributed by atoms with Crippen LogP contribution >= 0.6 is 0 Å². The van der Waals surface area contributed by atoms with Crippen molar-refractivity contribution >= 4 is 5.97 Å². The highest BCUT2D eigenvalue weighted by Crippen LogP contribution is 2.28. The SMILES string of the molecule is CCOC(=O)C1C(C)CCc2n[nH]c(=O)n21. The Kier molecular flexibility index (Phi) is 2.80. The molecule has 16 heavy (non-hydrogen) atoms. The molecule has 0 bridgehead atoms. The Balaban J connectivity index is 2.40. The van der Waals surface area contributed by atoms with Gasteiger partial charge >= 0.3 is 11.7 Å². The van der Waals surface area contributed by atoms with Gasteiger partial charge in [0.2, 0.25) is 0 Å². The average molecular weight is 225 g/mol. The van der Waals surface area contributed by atoms with Gasteiger partial charge in [0, 0.05) is 6.42 Å². The maximum absolute atomic E-state index is 11.8. The van der Waals surface area contributed by atoms with E-state index in [0.29, 0.717) is 12.4 Å². The van der Waals surface area contributed by atoms with Gasteiger partial charge in [0.1, 0.15) is 11.9 Å². The van der Waals surface area contributed by atoms with Crippen LogP contribution in [0.3, 0.4) is 0 Å². The number of carbonyl (C=O) groups excluding carboxylic acids is 1. The summed E-state index contributed by atoms with van der Waals surface area (Å²) in [6.07, 6.45) is 1.56. The third kappa shape index (κ3) is 1.64. The molecule has 0 saturated heterocycles. The van der Waals surface area contributed by atoms with E-state index >= 15 is 0 Å². The van der Waals surface area contributed by atoms with E-state index in [9.17, 15) is 9.59 Å². The molecule has 2 heterocycles. The van der Waals surface area contributed by atoms with E-state index < -0.39 is 6.04 Å². The van der Waals surface area contributed by atoms with Crippen LogP contribution in [0.4, 0.5) is 0 Å². The number of nitrogens with one attached hydrogen (secondary N) is 1. The fourth-order valence-electron chi connectivity index (χ4n) is 2.14. The number of H-pyrrole nitrogens is 1. The van der Waals surface area contributed by atoms with E-state index in [0.717, 1.165) is 12.8 Å². The molecule has 0 radical (unpaired) electrons. The van der Waals surface area contributed by atoms with Gasteiger partial charge in [0.25, 0.3) is 0 Å². The second kappa shape index (κ2) is 4.11. The second-order valence-corrected chi connectivity index (χ2v) is 4.03. The van der Waals surface area contributed by atoms with Crippen molar-refractivity contribution in [1.82, 2.24) is 14.8 Å². The molecule has 0 fully saturated rings. The molecule has 6 nitrogen and oxygen atoms in total. The zero-order chi connectivity index (χ0) is 11.7. The number of aromatic amines is 1. The van der Waals surface area contributed by atoms with Crippen molar-refractivity contribution in [3.8, 4) is 0 Å². The number of ether oxygens (including phenoxy) is 1. The van der Waals surface area contributed by atoms with Gasteiger partial charge in [-0.2, -0.15) is 5.10 Å². The first-order chi connectivity index (χ1) is 7.65. The number of rotatable bonds is 2. The lowest BCUT2D eigenvalue weighted by Crippen LogP contribution is -2.38. The largest absolute Gasteiger partial charge is 0.464 e. The zero-order valence-corrected chi connectivity index (χ0v) is 9.40. The maximum Gasteiger partial charge on any atom is 0.344 e. The standard InChI is InChI=1S/C10H15N3O3/c1-3-16-9(14)8-6(2)4-5-7-11-12-10(15)13(7)8/h6,8H,3-5H2,1-2H3,(H,12,15). The van der Waals surface area contributed by atoms with E-state index in [1.807, 2.05) is 6.92 Å². The number of aromatic nitrogens is 3. The van der Waals surface area contributed by atoms with Gasteiger partial charge in [-0.3, -0.25) is 4.57 Å². The van der Waals surface area contributed by atoms with Gasteiger partial charge < -0.3 is 4.74 Å². The molecule has 2 rings (SSSR count). The van der Waals surface area contributed by atoms with Crippen LogP contribution in [-0.2, 0) is 16.0 Å². The minimum atomic E-state index is -0.532. The van der Waals surface area contributed by atoms with Gasteiger partial charge in [-0.05, 0) is 19.3 Å². The Labute approximate surface area is 92.6 Å². The molecular formula is C10H15N3O3. The summed E-state index contributed by atoms with van der Waals surface area (Å²) in [5.41, 5.74) is -0.334. The summed E-state index contributed by atoms with van der Waals surface area (Å²) in [5.74, 6) is 0.391. The van der Waals surface area contributed by atoms with Gasteiger partial charge in [-0.1, -0.05) is 6.92 Å². The molecule has 1 aromatic rings. The highest BCUT2D eigenvalue weighted by molar-refractivity contribution is 5.74. The van der Waals surface area contributed by atoms with Crippen LogP contribution in [-0.4, -0.2) is 27.3 Å². The van der Waals surface area contributed by atoms with Crippen LogP contribution in [0.2, 0.25) is 0 Å². The molecule has 1 aliphatic rings. The number of fused-ring (bicyclic) bond motifs is 1. The van der Waals surface area contributed by atoms with Crippen molar-refractivity contribution in [1.29, 1.82) is 0 Å². The summed E-state index contributed by atoms with van der Waals surface area (Å²) in [6, 6.07) is -0.532. The first-order valence-electron chi connectivity index (χ1n) is 5.47. The molecule has 88 valence electrons.